The second-order valence-corrected chi connectivity index (χ2v) is 11.5. The highest BCUT2D eigenvalue weighted by molar-refractivity contribution is 5.66. The number of ether oxygens (including phenoxy) is 1. The summed E-state index contributed by atoms with van der Waals surface area (Å²) in [5, 5.41) is 35.1. The van der Waals surface area contributed by atoms with Crippen molar-refractivity contribution in [2.45, 2.75) is 75.5 Å². The second-order valence-electron chi connectivity index (χ2n) is 11.5. The van der Waals surface area contributed by atoms with Crippen molar-refractivity contribution in [2.24, 2.45) is 34.0 Å². The van der Waals surface area contributed by atoms with Crippen LogP contribution in [0.1, 0.15) is 39.5 Å². The van der Waals surface area contributed by atoms with Gasteiger partial charge in [-0.05, 0) is 37.0 Å². The van der Waals surface area contributed by atoms with Gasteiger partial charge in [0.15, 0.2) is 0 Å². The third-order valence-electron chi connectivity index (χ3n) is 10.6. The monoisotopic (exact) mass is 387 g/mol. The van der Waals surface area contributed by atoms with Crippen LogP contribution in [0.3, 0.4) is 0 Å². The van der Waals surface area contributed by atoms with E-state index >= 15 is 0 Å². The van der Waals surface area contributed by atoms with E-state index in [-0.39, 0.29) is 34.9 Å². The number of hydrogen-bond acceptors (Lipinski definition) is 6. The number of carbonyl (C=O) groups is 1. The largest absolute Gasteiger partial charge is 0.463 e. The Kier molecular flexibility index (Phi) is 2.55. The van der Waals surface area contributed by atoms with E-state index in [1.165, 1.54) is 6.92 Å². The van der Waals surface area contributed by atoms with Gasteiger partial charge in [0.05, 0.1) is 12.2 Å². The van der Waals surface area contributed by atoms with Crippen LogP contribution in [0.5, 0.6) is 0 Å². The molecule has 152 valence electrons. The molecular formula is C22H29NO5. The Bertz CT molecular complexity index is 860. The zero-order valence-corrected chi connectivity index (χ0v) is 16.5. The van der Waals surface area contributed by atoms with E-state index in [2.05, 4.69) is 18.4 Å². The van der Waals surface area contributed by atoms with E-state index in [9.17, 15) is 20.1 Å². The number of esters is 1. The summed E-state index contributed by atoms with van der Waals surface area (Å²) in [6, 6.07) is 0.245. The molecule has 9 bridgehead atoms. The molecule has 9 aliphatic rings. The van der Waals surface area contributed by atoms with Gasteiger partial charge in [0.25, 0.3) is 0 Å². The standard InChI is InChI=1S/C22H29NO5/c1-9-4-20-7-12-15-19(3)5-11(28-10(2)24)6-21(15)16(20)14(25)13(9)17(26)22(20,27)18(21)23(12)8-19/h11-18,25-27H,1,4-8H2,2-3H3/t11-,12-,13+,14-,15+,16+,17+,18-,19?,20+,21?,22-/m0/s1. The summed E-state index contributed by atoms with van der Waals surface area (Å²) >= 11 is 0. The highest BCUT2D eigenvalue weighted by Gasteiger charge is 2.94. The van der Waals surface area contributed by atoms with E-state index in [1.807, 2.05) is 0 Å². The molecule has 3 saturated heterocycles. The zero-order valence-electron chi connectivity index (χ0n) is 16.5. The fourth-order valence-electron chi connectivity index (χ4n) is 11.0. The molecule has 2 spiro atoms. The Labute approximate surface area is 164 Å². The summed E-state index contributed by atoms with van der Waals surface area (Å²) in [5.74, 6) is -0.379. The number of fused-ring (bicyclic) bond motifs is 1. The van der Waals surface area contributed by atoms with Crippen LogP contribution in [0.4, 0.5) is 0 Å². The number of piperidine rings is 2. The average molecular weight is 387 g/mol. The maximum Gasteiger partial charge on any atom is 0.302 e. The second kappa shape index (κ2) is 4.25. The van der Waals surface area contributed by atoms with Crippen molar-refractivity contribution < 1.29 is 24.9 Å². The van der Waals surface area contributed by atoms with Gasteiger partial charge in [0.1, 0.15) is 11.7 Å². The molecule has 0 radical (unpaired) electrons. The van der Waals surface area contributed by atoms with Gasteiger partial charge in [-0.15, -0.1) is 0 Å². The lowest BCUT2D eigenvalue weighted by molar-refractivity contribution is -0.280. The lowest BCUT2D eigenvalue weighted by Crippen LogP contribution is -2.76. The molecule has 3 N–H and O–H groups in total. The summed E-state index contributed by atoms with van der Waals surface area (Å²) in [7, 11) is 0. The number of carbonyl (C=O) groups excluding carboxylic acids is 1. The number of rotatable bonds is 1. The lowest BCUT2D eigenvalue weighted by Gasteiger charge is -2.67. The van der Waals surface area contributed by atoms with Gasteiger partial charge in [-0.2, -0.15) is 0 Å². The molecule has 6 aliphatic carbocycles. The van der Waals surface area contributed by atoms with Crippen LogP contribution in [0.25, 0.3) is 0 Å². The fourth-order valence-corrected chi connectivity index (χ4v) is 11.0. The normalized spacial score (nSPS) is 69.3. The molecule has 13 atom stereocenters. The van der Waals surface area contributed by atoms with Gasteiger partial charge < -0.3 is 20.1 Å². The van der Waals surface area contributed by atoms with Crippen LogP contribution in [0.2, 0.25) is 0 Å². The Morgan fingerprint density at radius 3 is 2.71 bits per heavy atom. The smallest absolute Gasteiger partial charge is 0.302 e. The van der Waals surface area contributed by atoms with Gasteiger partial charge in [0.2, 0.25) is 0 Å². The molecule has 28 heavy (non-hydrogen) atoms. The third-order valence-corrected chi connectivity index (χ3v) is 10.6. The average Bonchev–Trinajstić information content (AvgIpc) is 2.97. The number of aliphatic hydroxyl groups is 3. The molecule has 0 amide bonds. The highest BCUT2D eigenvalue weighted by Crippen LogP contribution is 2.88. The minimum atomic E-state index is -1.20. The van der Waals surface area contributed by atoms with Crippen molar-refractivity contribution in [3.05, 3.63) is 12.2 Å². The Hall–Kier alpha value is -0.950. The predicted octanol–water partition coefficient (Wildman–Crippen LogP) is 0.450. The highest BCUT2D eigenvalue weighted by atomic mass is 16.5. The molecule has 6 saturated carbocycles. The van der Waals surface area contributed by atoms with E-state index in [0.29, 0.717) is 24.8 Å². The van der Waals surface area contributed by atoms with Crippen LogP contribution < -0.4 is 0 Å². The molecule has 3 aliphatic heterocycles. The first-order chi connectivity index (χ1) is 13.1. The molecule has 9 fully saturated rings. The van der Waals surface area contributed by atoms with Crippen molar-refractivity contribution in [1.82, 2.24) is 4.90 Å². The zero-order chi connectivity index (χ0) is 19.6. The molecule has 3 unspecified atom stereocenters. The first-order valence-electron chi connectivity index (χ1n) is 10.8. The van der Waals surface area contributed by atoms with E-state index in [4.69, 9.17) is 4.74 Å². The van der Waals surface area contributed by atoms with Crippen LogP contribution in [0, 0.1) is 34.0 Å². The molecular weight excluding hydrogens is 358 g/mol. The van der Waals surface area contributed by atoms with Crippen molar-refractivity contribution >= 4 is 5.97 Å². The van der Waals surface area contributed by atoms with Crippen LogP contribution in [-0.2, 0) is 9.53 Å². The Morgan fingerprint density at radius 1 is 1.25 bits per heavy atom. The van der Waals surface area contributed by atoms with Gasteiger partial charge in [-0.3, -0.25) is 9.69 Å². The summed E-state index contributed by atoms with van der Waals surface area (Å²) in [6.45, 7) is 8.85. The molecule has 0 aromatic rings. The molecule has 6 nitrogen and oxygen atoms in total. The van der Waals surface area contributed by atoms with Gasteiger partial charge >= 0.3 is 5.97 Å². The van der Waals surface area contributed by atoms with Crippen molar-refractivity contribution in [1.29, 1.82) is 0 Å². The minimum absolute atomic E-state index is 0.0237. The third kappa shape index (κ3) is 1.26. The van der Waals surface area contributed by atoms with Crippen LogP contribution in [-0.4, -0.2) is 68.7 Å². The van der Waals surface area contributed by atoms with Gasteiger partial charge in [0, 0.05) is 48.2 Å². The van der Waals surface area contributed by atoms with Crippen molar-refractivity contribution in [3.8, 4) is 0 Å². The summed E-state index contributed by atoms with van der Waals surface area (Å²) in [4.78, 5) is 14.3. The molecule has 0 aromatic carbocycles. The molecule has 9 rings (SSSR count). The topological polar surface area (TPSA) is 90.2 Å². The number of hydrogen-bond donors (Lipinski definition) is 3. The van der Waals surface area contributed by atoms with Gasteiger partial charge in [-0.25, -0.2) is 0 Å². The van der Waals surface area contributed by atoms with Crippen molar-refractivity contribution in [2.75, 3.05) is 6.54 Å². The summed E-state index contributed by atoms with van der Waals surface area (Å²) in [5.41, 5.74) is -1.07. The van der Waals surface area contributed by atoms with Crippen LogP contribution in [0.15, 0.2) is 12.2 Å². The minimum Gasteiger partial charge on any atom is -0.463 e. The maximum absolute atomic E-state index is 12.2. The Morgan fingerprint density at radius 2 is 2.00 bits per heavy atom. The fraction of sp³-hybridized carbons (Fsp3) is 0.864. The SMILES string of the molecule is C=C1C[C@@]23C[C@H]4[C@@H]5C6(C)C[C@H](OC(C)=O)CC57[C@@H]2[C@@H](O)[C@@H]1[C@@H](O)[C@]3(O)[C@H]7N4C6. The first-order valence-corrected chi connectivity index (χ1v) is 10.8. The maximum atomic E-state index is 12.2. The van der Waals surface area contributed by atoms with E-state index in [0.717, 1.165) is 25.0 Å². The first kappa shape index (κ1) is 16.8. The van der Waals surface area contributed by atoms with Gasteiger partial charge in [-0.1, -0.05) is 19.1 Å². The number of aliphatic hydroxyl groups excluding tert-OH is 2. The molecule has 6 heteroatoms. The summed E-state index contributed by atoms with van der Waals surface area (Å²) < 4.78 is 5.75. The van der Waals surface area contributed by atoms with E-state index in [1.54, 1.807) is 0 Å². The molecule has 0 aromatic heterocycles. The Balaban J connectivity index is 1.49. The van der Waals surface area contributed by atoms with Crippen molar-refractivity contribution in [3.63, 3.8) is 0 Å². The lowest BCUT2D eigenvalue weighted by atomic mass is 9.39. The number of nitrogens with zero attached hydrogens (tertiary/aromatic N) is 1. The molecule has 3 heterocycles. The summed E-state index contributed by atoms with van der Waals surface area (Å²) in [6.07, 6.45) is 1.27. The van der Waals surface area contributed by atoms with E-state index < -0.39 is 29.1 Å². The van der Waals surface area contributed by atoms with Crippen LogP contribution >= 0.6 is 0 Å². The quantitative estimate of drug-likeness (QED) is 0.447. The predicted molar refractivity (Wildman–Crippen MR) is 97.9 cm³/mol.